The van der Waals surface area contributed by atoms with Crippen LogP contribution in [0.1, 0.15) is 18.4 Å². The topological polar surface area (TPSA) is 55.3 Å². The van der Waals surface area contributed by atoms with Crippen molar-refractivity contribution in [2.45, 2.75) is 19.8 Å². The quantitative estimate of drug-likeness (QED) is 0.638. The van der Waals surface area contributed by atoms with Gasteiger partial charge in [0.2, 0.25) is 5.95 Å². The Morgan fingerprint density at radius 2 is 2.13 bits per heavy atom. The normalized spacial score (nSPS) is 17.8. The average Bonchev–Trinajstić information content (AvgIpc) is 2.59. The molecule has 1 aromatic heterocycles. The molecule has 1 aromatic carbocycles. The van der Waals surface area contributed by atoms with E-state index in [-0.39, 0.29) is 11.9 Å². The fourth-order valence-electron chi connectivity index (χ4n) is 2.69. The summed E-state index contributed by atoms with van der Waals surface area (Å²) in [5.41, 5.74) is 1.00. The molecule has 0 saturated carbocycles. The van der Waals surface area contributed by atoms with Crippen molar-refractivity contribution in [3.8, 4) is 5.75 Å². The van der Waals surface area contributed by atoms with E-state index < -0.39 is 0 Å². The zero-order chi connectivity index (χ0) is 16.2. The van der Waals surface area contributed by atoms with Gasteiger partial charge in [0.15, 0.2) is 0 Å². The van der Waals surface area contributed by atoms with Crippen molar-refractivity contribution in [2.75, 3.05) is 18.0 Å². The highest BCUT2D eigenvalue weighted by atomic mass is 35.5. The zero-order valence-electron chi connectivity index (χ0n) is 12.9. The first kappa shape index (κ1) is 15.7. The standard InChI is InChI=1S/C17H18ClN3O2/c1-12-5-6-14(18)15(10-12)23-16(22)13-4-2-9-21(11-13)17-19-7-3-8-20-17/h3,5-8,10,13H,2,4,9,11H2,1H3. The Hall–Kier alpha value is -2.14. The van der Waals surface area contributed by atoms with E-state index >= 15 is 0 Å². The molecule has 1 saturated heterocycles. The third-order valence-corrected chi connectivity index (χ3v) is 4.20. The molecule has 0 spiro atoms. The first-order valence-corrected chi connectivity index (χ1v) is 8.01. The largest absolute Gasteiger partial charge is 0.425 e. The van der Waals surface area contributed by atoms with Crippen molar-refractivity contribution in [3.05, 3.63) is 47.2 Å². The number of aromatic nitrogens is 2. The molecule has 1 aliphatic heterocycles. The lowest BCUT2D eigenvalue weighted by Crippen LogP contribution is -2.41. The minimum atomic E-state index is -0.252. The molecule has 0 amide bonds. The Labute approximate surface area is 140 Å². The van der Waals surface area contributed by atoms with Crippen molar-refractivity contribution >= 4 is 23.5 Å². The van der Waals surface area contributed by atoms with E-state index in [4.69, 9.17) is 16.3 Å². The number of ether oxygens (including phenoxy) is 1. The van der Waals surface area contributed by atoms with Gasteiger partial charge in [0.25, 0.3) is 0 Å². The van der Waals surface area contributed by atoms with Crippen molar-refractivity contribution < 1.29 is 9.53 Å². The van der Waals surface area contributed by atoms with Crippen LogP contribution in [0, 0.1) is 12.8 Å². The van der Waals surface area contributed by atoms with E-state index in [2.05, 4.69) is 9.97 Å². The summed E-state index contributed by atoms with van der Waals surface area (Å²) in [4.78, 5) is 23.0. The van der Waals surface area contributed by atoms with E-state index in [0.29, 0.717) is 23.3 Å². The molecule has 120 valence electrons. The summed E-state index contributed by atoms with van der Waals surface area (Å²) in [5, 5.41) is 0.447. The molecule has 2 heterocycles. The molecule has 0 bridgehead atoms. The van der Waals surface area contributed by atoms with Gasteiger partial charge in [0, 0.05) is 25.5 Å². The van der Waals surface area contributed by atoms with Crippen LogP contribution >= 0.6 is 11.6 Å². The van der Waals surface area contributed by atoms with Crippen LogP contribution in [0.5, 0.6) is 5.75 Å². The van der Waals surface area contributed by atoms with Crippen molar-refractivity contribution in [3.63, 3.8) is 0 Å². The van der Waals surface area contributed by atoms with Crippen molar-refractivity contribution in [1.82, 2.24) is 9.97 Å². The first-order valence-electron chi connectivity index (χ1n) is 7.63. The van der Waals surface area contributed by atoms with Gasteiger partial charge >= 0.3 is 5.97 Å². The van der Waals surface area contributed by atoms with Gasteiger partial charge in [-0.05, 0) is 43.5 Å². The fraction of sp³-hybridized carbons (Fsp3) is 0.353. The summed E-state index contributed by atoms with van der Waals surface area (Å²) in [6.07, 6.45) is 5.11. The summed E-state index contributed by atoms with van der Waals surface area (Å²) in [5.74, 6) is 0.616. The molecule has 0 radical (unpaired) electrons. The Balaban J connectivity index is 1.69. The average molecular weight is 332 g/mol. The van der Waals surface area contributed by atoms with Gasteiger partial charge in [0.1, 0.15) is 5.75 Å². The molecule has 5 nitrogen and oxygen atoms in total. The van der Waals surface area contributed by atoms with E-state index in [1.807, 2.05) is 17.9 Å². The summed E-state index contributed by atoms with van der Waals surface area (Å²) in [6, 6.07) is 7.18. The van der Waals surface area contributed by atoms with Crippen LogP contribution in [0.3, 0.4) is 0 Å². The molecule has 1 unspecified atom stereocenters. The summed E-state index contributed by atoms with van der Waals surface area (Å²) in [6.45, 7) is 3.34. The smallest absolute Gasteiger partial charge is 0.316 e. The number of rotatable bonds is 3. The molecule has 6 heteroatoms. The Morgan fingerprint density at radius 1 is 1.35 bits per heavy atom. The van der Waals surface area contributed by atoms with Crippen molar-refractivity contribution in [1.29, 1.82) is 0 Å². The Morgan fingerprint density at radius 3 is 2.91 bits per heavy atom. The minimum absolute atomic E-state index is 0.205. The van der Waals surface area contributed by atoms with Crippen LogP contribution in [0.4, 0.5) is 5.95 Å². The molecular weight excluding hydrogens is 314 g/mol. The predicted octanol–water partition coefficient (Wildman–Crippen LogP) is 3.26. The van der Waals surface area contributed by atoms with Gasteiger partial charge in [-0.25, -0.2) is 9.97 Å². The van der Waals surface area contributed by atoms with Crippen LogP contribution < -0.4 is 9.64 Å². The highest BCUT2D eigenvalue weighted by Crippen LogP contribution is 2.28. The fourth-order valence-corrected chi connectivity index (χ4v) is 2.84. The lowest BCUT2D eigenvalue weighted by molar-refractivity contribution is -0.139. The highest BCUT2D eigenvalue weighted by molar-refractivity contribution is 6.32. The molecule has 3 rings (SSSR count). The van der Waals surface area contributed by atoms with Gasteiger partial charge in [0.05, 0.1) is 10.9 Å². The second-order valence-corrected chi connectivity index (χ2v) is 6.10. The lowest BCUT2D eigenvalue weighted by atomic mass is 9.98. The van der Waals surface area contributed by atoms with Gasteiger partial charge < -0.3 is 9.64 Å². The molecular formula is C17H18ClN3O2. The van der Waals surface area contributed by atoms with E-state index in [1.54, 1.807) is 30.6 Å². The molecule has 0 aliphatic carbocycles. The van der Waals surface area contributed by atoms with E-state index in [0.717, 1.165) is 24.9 Å². The Kier molecular flexibility index (Phi) is 4.76. The van der Waals surface area contributed by atoms with Crippen LogP contribution in [0.25, 0.3) is 0 Å². The zero-order valence-corrected chi connectivity index (χ0v) is 13.7. The SMILES string of the molecule is Cc1ccc(Cl)c(OC(=O)C2CCCN(c3ncccn3)C2)c1. The number of hydrogen-bond donors (Lipinski definition) is 0. The first-order chi connectivity index (χ1) is 11.1. The maximum atomic E-state index is 12.5. The maximum absolute atomic E-state index is 12.5. The number of aryl methyl sites for hydroxylation is 1. The summed E-state index contributed by atoms with van der Waals surface area (Å²) < 4.78 is 5.51. The van der Waals surface area contributed by atoms with Gasteiger partial charge in [-0.1, -0.05) is 17.7 Å². The van der Waals surface area contributed by atoms with E-state index in [1.165, 1.54) is 0 Å². The second kappa shape index (κ2) is 6.96. The van der Waals surface area contributed by atoms with Crippen LogP contribution in [-0.4, -0.2) is 29.0 Å². The lowest BCUT2D eigenvalue weighted by Gasteiger charge is -2.31. The number of piperidine rings is 1. The van der Waals surface area contributed by atoms with Crippen LogP contribution in [-0.2, 0) is 4.79 Å². The number of anilines is 1. The number of esters is 1. The number of hydrogen-bond acceptors (Lipinski definition) is 5. The number of benzene rings is 1. The number of carbonyl (C=O) groups excluding carboxylic acids is 1. The minimum Gasteiger partial charge on any atom is -0.425 e. The number of carbonyl (C=O) groups is 1. The molecule has 1 atom stereocenters. The number of nitrogens with zero attached hydrogens (tertiary/aromatic N) is 3. The monoisotopic (exact) mass is 331 g/mol. The molecule has 0 N–H and O–H groups in total. The summed E-state index contributed by atoms with van der Waals surface area (Å²) in [7, 11) is 0. The van der Waals surface area contributed by atoms with Gasteiger partial charge in [-0.2, -0.15) is 0 Å². The Bertz CT molecular complexity index is 693. The molecule has 1 fully saturated rings. The molecule has 23 heavy (non-hydrogen) atoms. The third kappa shape index (κ3) is 3.79. The van der Waals surface area contributed by atoms with E-state index in [9.17, 15) is 4.79 Å². The van der Waals surface area contributed by atoms with Crippen molar-refractivity contribution in [2.24, 2.45) is 5.92 Å². The molecule has 1 aliphatic rings. The van der Waals surface area contributed by atoms with Crippen LogP contribution in [0.15, 0.2) is 36.7 Å². The maximum Gasteiger partial charge on any atom is 0.316 e. The second-order valence-electron chi connectivity index (χ2n) is 5.69. The van der Waals surface area contributed by atoms with Crippen LogP contribution in [0.2, 0.25) is 5.02 Å². The number of halogens is 1. The molecule has 2 aromatic rings. The predicted molar refractivity (Wildman–Crippen MR) is 88.8 cm³/mol. The van der Waals surface area contributed by atoms with Gasteiger partial charge in [-0.3, -0.25) is 4.79 Å². The highest BCUT2D eigenvalue weighted by Gasteiger charge is 2.29. The van der Waals surface area contributed by atoms with Gasteiger partial charge in [-0.15, -0.1) is 0 Å². The third-order valence-electron chi connectivity index (χ3n) is 3.89. The summed E-state index contributed by atoms with van der Waals surface area (Å²) >= 11 is 6.10.